The average molecular weight is 198 g/mol. The molecule has 4 nitrogen and oxygen atoms in total. The molecule has 2 aliphatic heterocycles. The van der Waals surface area contributed by atoms with E-state index in [4.69, 9.17) is 5.11 Å². The first-order chi connectivity index (χ1) is 7.27. The van der Waals surface area contributed by atoms with Crippen LogP contribution in [0.4, 0.5) is 0 Å². The van der Waals surface area contributed by atoms with Gasteiger partial charge >= 0.3 is 5.97 Å². The fraction of sp³-hybridized carbons (Fsp3) is 0. The van der Waals surface area contributed by atoms with Crippen LogP contribution in [0.5, 0.6) is 0 Å². The number of fused-ring (bicyclic) bond motifs is 2. The largest absolute Gasteiger partial charge is 0.478 e. The molecule has 15 heavy (non-hydrogen) atoms. The Balaban J connectivity index is 2.43. The molecule has 1 aromatic rings. The van der Waals surface area contributed by atoms with E-state index in [0.29, 0.717) is 11.4 Å². The molecule has 4 heteroatoms. The van der Waals surface area contributed by atoms with Gasteiger partial charge < -0.3 is 5.11 Å². The minimum absolute atomic E-state index is 0.168. The van der Waals surface area contributed by atoms with E-state index in [2.05, 4.69) is 9.98 Å². The zero-order valence-corrected chi connectivity index (χ0v) is 7.64. The maximum atomic E-state index is 10.9. The molecule has 0 bridgehead atoms. The van der Waals surface area contributed by atoms with E-state index in [1.54, 1.807) is 0 Å². The Bertz CT molecular complexity index is 653. The zero-order chi connectivity index (χ0) is 10.4. The number of para-hydroxylation sites is 1. The third-order valence-electron chi connectivity index (χ3n) is 2.42. The molecule has 0 saturated carbocycles. The van der Waals surface area contributed by atoms with Gasteiger partial charge in [0.1, 0.15) is 11.3 Å². The Morgan fingerprint density at radius 2 is 2.00 bits per heavy atom. The number of hydrogen-bond donors (Lipinski definition) is 1. The van der Waals surface area contributed by atoms with Crippen LogP contribution in [-0.4, -0.2) is 17.3 Å². The topological polar surface area (TPSA) is 62.0 Å². The van der Waals surface area contributed by atoms with Crippen molar-refractivity contribution in [1.82, 2.24) is 0 Å². The Kier molecular flexibility index (Phi) is 1.42. The van der Waals surface area contributed by atoms with Crippen LogP contribution in [-0.2, 0) is 4.79 Å². The summed E-state index contributed by atoms with van der Waals surface area (Å²) in [5.41, 5.74) is 1.31. The molecule has 0 amide bonds. The molecule has 0 radical (unpaired) electrons. The Morgan fingerprint density at radius 3 is 2.80 bits per heavy atom. The molecule has 0 unspecified atom stereocenters. The number of aliphatic carboxylic acids is 1. The van der Waals surface area contributed by atoms with Crippen LogP contribution >= 0.6 is 0 Å². The predicted octanol–water partition coefficient (Wildman–Crippen LogP) is -0.149. The van der Waals surface area contributed by atoms with Crippen LogP contribution in [0.1, 0.15) is 0 Å². The van der Waals surface area contributed by atoms with Crippen molar-refractivity contribution in [2.75, 3.05) is 0 Å². The highest BCUT2D eigenvalue weighted by atomic mass is 16.4. The van der Waals surface area contributed by atoms with Crippen molar-refractivity contribution < 1.29 is 9.90 Å². The Hall–Kier alpha value is -2.23. The first-order valence-corrected chi connectivity index (χ1v) is 4.47. The number of benzene rings is 1. The molecular weight excluding hydrogens is 192 g/mol. The molecule has 3 rings (SSSR count). The van der Waals surface area contributed by atoms with Crippen molar-refractivity contribution in [3.63, 3.8) is 0 Å². The van der Waals surface area contributed by atoms with Crippen molar-refractivity contribution in [1.29, 1.82) is 0 Å². The summed E-state index contributed by atoms with van der Waals surface area (Å²) in [6, 6.07) is 7.50. The standard InChI is InChI=1S/C11H6N2O2/c14-11(15)7-5-12-9-6-3-1-2-4-8(6)13-10(7)9/h1-5H,(H,14,15). The monoisotopic (exact) mass is 198 g/mol. The summed E-state index contributed by atoms with van der Waals surface area (Å²) in [6.45, 7) is 0. The lowest BCUT2D eigenvalue weighted by Gasteiger charge is -1.91. The van der Waals surface area contributed by atoms with Gasteiger partial charge in [-0.25, -0.2) is 9.79 Å². The lowest BCUT2D eigenvalue weighted by Crippen LogP contribution is -2.21. The molecule has 0 saturated heterocycles. The van der Waals surface area contributed by atoms with Gasteiger partial charge in [-0.05, 0) is 6.07 Å². The lowest BCUT2D eigenvalue weighted by molar-refractivity contribution is -0.132. The van der Waals surface area contributed by atoms with Gasteiger partial charge in [-0.2, -0.15) is 0 Å². The van der Waals surface area contributed by atoms with E-state index in [1.165, 1.54) is 6.21 Å². The Labute approximate surface area is 84.6 Å². The molecule has 0 spiro atoms. The quantitative estimate of drug-likeness (QED) is 0.682. The molecule has 0 fully saturated rings. The van der Waals surface area contributed by atoms with Crippen LogP contribution < -0.4 is 10.6 Å². The molecule has 2 heterocycles. The fourth-order valence-electron chi connectivity index (χ4n) is 1.74. The SMILES string of the molecule is O=C(O)C1=C2N=c3ccccc3=C2N=C1. The number of carbonyl (C=O) groups is 1. The summed E-state index contributed by atoms with van der Waals surface area (Å²) in [4.78, 5) is 19.2. The second-order valence-corrected chi connectivity index (χ2v) is 3.30. The van der Waals surface area contributed by atoms with Gasteiger partial charge in [0.2, 0.25) is 0 Å². The average Bonchev–Trinajstić information content (AvgIpc) is 2.74. The minimum atomic E-state index is -0.986. The van der Waals surface area contributed by atoms with E-state index in [9.17, 15) is 4.79 Å². The van der Waals surface area contributed by atoms with Gasteiger partial charge in [0, 0.05) is 11.4 Å². The zero-order valence-electron chi connectivity index (χ0n) is 7.64. The minimum Gasteiger partial charge on any atom is -0.478 e. The first-order valence-electron chi connectivity index (χ1n) is 4.47. The van der Waals surface area contributed by atoms with Crippen molar-refractivity contribution in [3.8, 4) is 0 Å². The molecule has 2 aliphatic rings. The van der Waals surface area contributed by atoms with Crippen molar-refractivity contribution in [3.05, 3.63) is 46.1 Å². The van der Waals surface area contributed by atoms with Crippen LogP contribution in [0.25, 0.3) is 5.70 Å². The molecule has 72 valence electrons. The smallest absolute Gasteiger partial charge is 0.339 e. The van der Waals surface area contributed by atoms with Crippen molar-refractivity contribution in [2.45, 2.75) is 0 Å². The van der Waals surface area contributed by atoms with E-state index in [0.717, 1.165) is 10.6 Å². The van der Waals surface area contributed by atoms with Crippen molar-refractivity contribution >= 4 is 17.9 Å². The summed E-state index contributed by atoms with van der Waals surface area (Å²) < 4.78 is 0. The highest BCUT2D eigenvalue weighted by Crippen LogP contribution is 2.24. The summed E-state index contributed by atoms with van der Waals surface area (Å²) in [7, 11) is 0. The third kappa shape index (κ3) is 0.985. The number of hydrogen-bond acceptors (Lipinski definition) is 3. The highest BCUT2D eigenvalue weighted by molar-refractivity contribution is 6.15. The second-order valence-electron chi connectivity index (χ2n) is 3.30. The molecule has 1 N–H and O–H groups in total. The number of rotatable bonds is 1. The lowest BCUT2D eigenvalue weighted by atomic mass is 10.2. The van der Waals surface area contributed by atoms with Crippen LogP contribution in [0.2, 0.25) is 0 Å². The van der Waals surface area contributed by atoms with E-state index >= 15 is 0 Å². The number of aliphatic imine (C=N–C) groups is 1. The third-order valence-corrected chi connectivity index (χ3v) is 2.42. The Morgan fingerprint density at radius 1 is 1.20 bits per heavy atom. The summed E-state index contributed by atoms with van der Waals surface area (Å²) in [5, 5.41) is 10.6. The molecular formula is C11H6N2O2. The van der Waals surface area contributed by atoms with Crippen LogP contribution in [0, 0.1) is 0 Å². The van der Waals surface area contributed by atoms with Crippen LogP contribution in [0.3, 0.4) is 0 Å². The number of nitrogens with zero attached hydrogens (tertiary/aromatic N) is 2. The molecule has 0 atom stereocenters. The van der Waals surface area contributed by atoms with Gasteiger partial charge in [-0.3, -0.25) is 4.99 Å². The molecule has 1 aromatic carbocycles. The normalized spacial score (nSPS) is 16.4. The van der Waals surface area contributed by atoms with Gasteiger partial charge in [0.25, 0.3) is 0 Å². The molecule has 0 aliphatic carbocycles. The van der Waals surface area contributed by atoms with Gasteiger partial charge in [-0.15, -0.1) is 0 Å². The van der Waals surface area contributed by atoms with E-state index in [1.807, 2.05) is 24.3 Å². The van der Waals surface area contributed by atoms with Crippen LogP contribution in [0.15, 0.2) is 45.5 Å². The van der Waals surface area contributed by atoms with Gasteiger partial charge in [0.15, 0.2) is 0 Å². The summed E-state index contributed by atoms with van der Waals surface area (Å²) in [6.07, 6.45) is 1.35. The molecule has 0 aromatic heterocycles. The highest BCUT2D eigenvalue weighted by Gasteiger charge is 2.24. The maximum Gasteiger partial charge on any atom is 0.339 e. The number of carboxylic acids is 1. The predicted molar refractivity (Wildman–Crippen MR) is 53.8 cm³/mol. The number of carboxylic acid groups (broad SMARTS) is 1. The van der Waals surface area contributed by atoms with E-state index < -0.39 is 5.97 Å². The summed E-state index contributed by atoms with van der Waals surface area (Å²) in [5.74, 6) is -0.986. The second kappa shape index (κ2) is 2.63. The maximum absolute atomic E-state index is 10.9. The fourth-order valence-corrected chi connectivity index (χ4v) is 1.74. The van der Waals surface area contributed by atoms with E-state index in [-0.39, 0.29) is 5.57 Å². The van der Waals surface area contributed by atoms with Gasteiger partial charge in [0.05, 0.1) is 11.1 Å². The summed E-state index contributed by atoms with van der Waals surface area (Å²) >= 11 is 0. The van der Waals surface area contributed by atoms with Crippen molar-refractivity contribution in [2.24, 2.45) is 9.98 Å². The van der Waals surface area contributed by atoms with Gasteiger partial charge in [-0.1, -0.05) is 18.2 Å². The first kappa shape index (κ1) is 8.11.